The maximum Gasteiger partial charge on any atom is 0.177 e. The molecule has 6 heteroatoms. The van der Waals surface area contributed by atoms with Crippen LogP contribution < -0.4 is 5.73 Å². The molecule has 2 N–H and O–H groups in total. The number of thiophene rings is 1. The van der Waals surface area contributed by atoms with Crippen molar-refractivity contribution in [3.63, 3.8) is 0 Å². The van der Waals surface area contributed by atoms with Gasteiger partial charge in [-0.05, 0) is 77.9 Å². The summed E-state index contributed by atoms with van der Waals surface area (Å²) in [5.41, 5.74) is 11.0. The Balaban J connectivity index is 1.52. The normalized spacial score (nSPS) is 12.7. The van der Waals surface area contributed by atoms with Gasteiger partial charge in [0.25, 0.3) is 0 Å². The zero-order valence-electron chi connectivity index (χ0n) is 17.2. The van der Waals surface area contributed by atoms with E-state index in [1.807, 2.05) is 12.1 Å². The van der Waals surface area contributed by atoms with Gasteiger partial charge in [0, 0.05) is 28.6 Å². The van der Waals surface area contributed by atoms with Crippen LogP contribution in [0.15, 0.2) is 60.8 Å². The van der Waals surface area contributed by atoms with Crippen molar-refractivity contribution in [3.8, 4) is 21.6 Å². The van der Waals surface area contributed by atoms with E-state index >= 15 is 0 Å². The van der Waals surface area contributed by atoms with Crippen molar-refractivity contribution in [1.29, 1.82) is 0 Å². The molecule has 0 atom stereocenters. The molecule has 5 rings (SSSR count). The molecule has 2 aromatic carbocycles. The number of rotatable bonds is 4. The molecule has 0 bridgehead atoms. The number of nitrogens with two attached hydrogens (primary N) is 1. The van der Waals surface area contributed by atoms with Gasteiger partial charge >= 0.3 is 0 Å². The molecule has 3 nitrogen and oxygen atoms in total. The molecule has 0 saturated carbocycles. The van der Waals surface area contributed by atoms with Crippen molar-refractivity contribution < 1.29 is 13.6 Å². The van der Waals surface area contributed by atoms with Crippen LogP contribution in [0.5, 0.6) is 0 Å². The number of Topliss-reactive ketones (excluding diaryl/α,β-unsaturated/α-hetero) is 1. The van der Waals surface area contributed by atoms with Gasteiger partial charge in [0.1, 0.15) is 17.5 Å². The summed E-state index contributed by atoms with van der Waals surface area (Å²) in [7, 11) is 0. The average Bonchev–Trinajstić information content (AvgIpc) is 3.14. The van der Waals surface area contributed by atoms with Gasteiger partial charge in [-0.15, -0.1) is 11.3 Å². The van der Waals surface area contributed by atoms with E-state index in [1.165, 1.54) is 35.1 Å². The van der Waals surface area contributed by atoms with Crippen molar-refractivity contribution in [2.75, 3.05) is 5.73 Å². The number of pyridine rings is 1. The average molecular weight is 447 g/mol. The monoisotopic (exact) mass is 446 g/mol. The molecule has 0 saturated heterocycles. The Labute approximate surface area is 188 Å². The molecular formula is C26H20F2N2OS. The lowest BCUT2D eigenvalue weighted by Gasteiger charge is -2.10. The van der Waals surface area contributed by atoms with E-state index in [2.05, 4.69) is 23.2 Å². The van der Waals surface area contributed by atoms with Crippen LogP contribution in [-0.2, 0) is 19.3 Å². The van der Waals surface area contributed by atoms with Gasteiger partial charge in [-0.25, -0.2) is 13.8 Å². The standard InChI is InChI=1S/C26H20F2N2OS/c27-21-5-2-6-22(28)20(21)13-23(31)24-12-17-4-1-3-15-7-8-16(11-19(15)26(17)32-24)18-9-10-25(29)30-14-18/h2,5-12,14H,1,3-4,13H2,(H2,29,30). The lowest BCUT2D eigenvalue weighted by Crippen LogP contribution is -2.05. The third kappa shape index (κ3) is 3.82. The summed E-state index contributed by atoms with van der Waals surface area (Å²) in [5.74, 6) is -1.18. The van der Waals surface area contributed by atoms with E-state index < -0.39 is 11.6 Å². The molecule has 1 aliphatic carbocycles. The summed E-state index contributed by atoms with van der Waals surface area (Å²) in [6.07, 6.45) is 4.26. The van der Waals surface area contributed by atoms with E-state index in [0.29, 0.717) is 10.7 Å². The molecule has 0 unspecified atom stereocenters. The van der Waals surface area contributed by atoms with Crippen molar-refractivity contribution in [3.05, 3.63) is 94.0 Å². The lowest BCUT2D eigenvalue weighted by atomic mass is 9.97. The molecule has 0 radical (unpaired) electrons. The highest BCUT2D eigenvalue weighted by Gasteiger charge is 2.22. The van der Waals surface area contributed by atoms with Crippen molar-refractivity contribution in [1.82, 2.24) is 4.98 Å². The predicted molar refractivity (Wildman–Crippen MR) is 124 cm³/mol. The van der Waals surface area contributed by atoms with Crippen LogP contribution >= 0.6 is 11.3 Å². The number of benzene rings is 2. The van der Waals surface area contributed by atoms with Gasteiger partial charge in [-0.1, -0.05) is 18.2 Å². The molecule has 2 aromatic heterocycles. The number of aromatic nitrogens is 1. The number of fused-ring (bicyclic) bond motifs is 3. The molecule has 32 heavy (non-hydrogen) atoms. The smallest absolute Gasteiger partial charge is 0.177 e. The van der Waals surface area contributed by atoms with Crippen LogP contribution in [0.25, 0.3) is 21.6 Å². The predicted octanol–water partition coefficient (Wildman–Crippen LogP) is 6.25. The zero-order valence-corrected chi connectivity index (χ0v) is 18.0. The zero-order chi connectivity index (χ0) is 22.2. The minimum Gasteiger partial charge on any atom is -0.384 e. The Bertz CT molecular complexity index is 1310. The van der Waals surface area contributed by atoms with Crippen LogP contribution in [0, 0.1) is 11.6 Å². The maximum atomic E-state index is 14.0. The highest BCUT2D eigenvalue weighted by Crippen LogP contribution is 2.41. The van der Waals surface area contributed by atoms with Crippen LogP contribution in [0.4, 0.5) is 14.6 Å². The fourth-order valence-electron chi connectivity index (χ4n) is 4.16. The number of anilines is 1. The summed E-state index contributed by atoms with van der Waals surface area (Å²) in [5, 5.41) is 0. The third-order valence-corrected chi connectivity index (χ3v) is 7.10. The van der Waals surface area contributed by atoms with Gasteiger partial charge < -0.3 is 5.73 Å². The number of nitrogen functional groups attached to an aromatic ring is 1. The fraction of sp³-hybridized carbons (Fsp3) is 0.154. The number of hydrogen-bond acceptors (Lipinski definition) is 4. The molecule has 4 aromatic rings. The number of hydrogen-bond donors (Lipinski definition) is 1. The number of carbonyl (C=O) groups is 1. The minimum absolute atomic E-state index is 0.181. The fourth-order valence-corrected chi connectivity index (χ4v) is 5.36. The Morgan fingerprint density at radius 2 is 1.72 bits per heavy atom. The third-order valence-electron chi connectivity index (χ3n) is 5.85. The largest absolute Gasteiger partial charge is 0.384 e. The molecular weight excluding hydrogens is 426 g/mol. The quantitative estimate of drug-likeness (QED) is 0.377. The number of aryl methyl sites for hydroxylation is 2. The Hall–Kier alpha value is -3.38. The first-order valence-corrected chi connectivity index (χ1v) is 11.3. The van der Waals surface area contributed by atoms with Gasteiger partial charge in [-0.3, -0.25) is 4.79 Å². The van der Waals surface area contributed by atoms with E-state index in [0.717, 1.165) is 46.4 Å². The van der Waals surface area contributed by atoms with Crippen LogP contribution in [0.3, 0.4) is 0 Å². The molecule has 2 heterocycles. The highest BCUT2D eigenvalue weighted by atomic mass is 32.1. The summed E-state index contributed by atoms with van der Waals surface area (Å²) in [4.78, 5) is 18.7. The SMILES string of the molecule is Nc1ccc(-c2ccc3c(c2)-c2sc(C(=O)Cc4c(F)cccc4F)cc2CCC3)cn1. The number of halogens is 2. The van der Waals surface area contributed by atoms with E-state index in [9.17, 15) is 13.6 Å². The van der Waals surface area contributed by atoms with E-state index in [1.54, 1.807) is 12.3 Å². The van der Waals surface area contributed by atoms with E-state index in [4.69, 9.17) is 5.73 Å². The van der Waals surface area contributed by atoms with Gasteiger partial charge in [-0.2, -0.15) is 0 Å². The second-order valence-corrected chi connectivity index (χ2v) is 9.01. The second-order valence-electron chi connectivity index (χ2n) is 7.96. The van der Waals surface area contributed by atoms with Crippen molar-refractivity contribution >= 4 is 22.9 Å². The first-order valence-electron chi connectivity index (χ1n) is 10.4. The number of ketones is 1. The van der Waals surface area contributed by atoms with E-state index in [-0.39, 0.29) is 17.8 Å². The summed E-state index contributed by atoms with van der Waals surface area (Å²) < 4.78 is 28.1. The molecule has 0 spiro atoms. The molecule has 160 valence electrons. The summed E-state index contributed by atoms with van der Waals surface area (Å²) in [6.45, 7) is 0. The lowest BCUT2D eigenvalue weighted by molar-refractivity contribution is 0.0994. The summed E-state index contributed by atoms with van der Waals surface area (Å²) in [6, 6.07) is 15.6. The molecule has 0 fully saturated rings. The van der Waals surface area contributed by atoms with Crippen LogP contribution in [0.2, 0.25) is 0 Å². The van der Waals surface area contributed by atoms with Gasteiger partial charge in [0.15, 0.2) is 5.78 Å². The molecule has 0 amide bonds. The topological polar surface area (TPSA) is 56.0 Å². The maximum absolute atomic E-state index is 14.0. The van der Waals surface area contributed by atoms with Crippen LogP contribution in [0.1, 0.15) is 32.8 Å². The number of nitrogens with zero attached hydrogens (tertiary/aromatic N) is 1. The Morgan fingerprint density at radius 1 is 0.969 bits per heavy atom. The molecule has 1 aliphatic rings. The van der Waals surface area contributed by atoms with Crippen LogP contribution in [-0.4, -0.2) is 10.8 Å². The Kier molecular flexibility index (Phi) is 5.31. The first kappa shape index (κ1) is 20.5. The highest BCUT2D eigenvalue weighted by molar-refractivity contribution is 7.17. The second kappa shape index (κ2) is 8.28. The Morgan fingerprint density at radius 3 is 2.47 bits per heavy atom. The van der Waals surface area contributed by atoms with Gasteiger partial charge in [0.05, 0.1) is 4.88 Å². The van der Waals surface area contributed by atoms with Crippen molar-refractivity contribution in [2.45, 2.75) is 25.7 Å². The molecule has 0 aliphatic heterocycles. The number of carbonyl (C=O) groups excluding carboxylic acids is 1. The van der Waals surface area contributed by atoms with Gasteiger partial charge in [0.2, 0.25) is 0 Å². The minimum atomic E-state index is -0.691. The first-order chi connectivity index (χ1) is 15.5. The van der Waals surface area contributed by atoms with Crippen molar-refractivity contribution in [2.24, 2.45) is 0 Å². The summed E-state index contributed by atoms with van der Waals surface area (Å²) >= 11 is 1.41.